The average Bonchev–Trinajstić information content (AvgIpc) is 2.82. The summed E-state index contributed by atoms with van der Waals surface area (Å²) >= 11 is 4.95. The molecule has 2 fully saturated rings. The number of nitrogens with zero attached hydrogens (tertiary/aromatic N) is 1. The van der Waals surface area contributed by atoms with E-state index in [1.54, 1.807) is 41.3 Å². The van der Waals surface area contributed by atoms with Gasteiger partial charge < -0.3 is 30.3 Å². The zero-order chi connectivity index (χ0) is 22.2. The number of carbonyl (C=O) groups is 2. The van der Waals surface area contributed by atoms with Crippen LogP contribution >= 0.6 is 11.6 Å². The minimum absolute atomic E-state index is 0. The van der Waals surface area contributed by atoms with Gasteiger partial charge in [0.25, 0.3) is 0 Å². The predicted octanol–water partition coefficient (Wildman–Crippen LogP) is 3.33. The smallest absolute Gasteiger partial charge is 0.415 e. The first-order chi connectivity index (χ1) is 15.1. The SMILES string of the molecule is C.C1CNCCN1.O=C(Cl)Oc1ccccc1.O=C(Oc1ccccc1)N1CCNCC1. The molecule has 1 amide bonds. The number of ether oxygens (including phenoxy) is 2. The highest BCUT2D eigenvalue weighted by Crippen LogP contribution is 2.10. The Balaban J connectivity index is 0.000000260. The first-order valence-electron chi connectivity index (χ1n) is 10.2. The highest BCUT2D eigenvalue weighted by molar-refractivity contribution is 6.61. The lowest BCUT2D eigenvalue weighted by Crippen LogP contribution is -2.47. The molecule has 2 heterocycles. The monoisotopic (exact) mass is 464 g/mol. The van der Waals surface area contributed by atoms with E-state index in [-0.39, 0.29) is 13.5 Å². The Kier molecular flexibility index (Phi) is 14.5. The Labute approximate surface area is 195 Å². The third-order valence-electron chi connectivity index (χ3n) is 4.22. The standard InChI is InChI=1S/C11H14N2O2.C7H5ClO2.C4H10N2.CH4/c14-11(13-8-6-12-7-9-13)15-10-4-2-1-3-5-10;8-7(9)10-6-4-2-1-3-5-6;1-2-6-4-3-5-1;/h1-5,12H,6-9H2;1-5H;5-6H,1-4H2;1H4. The Hall–Kier alpha value is -2.65. The van der Waals surface area contributed by atoms with Crippen molar-refractivity contribution in [2.45, 2.75) is 7.43 Å². The molecule has 0 unspecified atom stereocenters. The largest absolute Gasteiger partial charge is 0.415 e. The number of nitrogens with one attached hydrogen (secondary N) is 3. The van der Waals surface area contributed by atoms with Gasteiger partial charge >= 0.3 is 11.5 Å². The topological polar surface area (TPSA) is 91.9 Å². The summed E-state index contributed by atoms with van der Waals surface area (Å²) in [5.74, 6) is 1.06. The van der Waals surface area contributed by atoms with Gasteiger partial charge in [-0.1, -0.05) is 43.8 Å². The molecule has 176 valence electrons. The summed E-state index contributed by atoms with van der Waals surface area (Å²) in [6.07, 6.45) is -0.261. The van der Waals surface area contributed by atoms with Crippen molar-refractivity contribution in [3.63, 3.8) is 0 Å². The number of benzene rings is 2. The Morgan fingerprint density at radius 2 is 1.09 bits per heavy atom. The summed E-state index contributed by atoms with van der Waals surface area (Å²) in [4.78, 5) is 23.5. The van der Waals surface area contributed by atoms with Crippen LogP contribution in [-0.4, -0.2) is 68.8 Å². The molecule has 4 rings (SSSR count). The van der Waals surface area contributed by atoms with Gasteiger partial charge in [-0.15, -0.1) is 0 Å². The molecule has 0 atom stereocenters. The molecule has 32 heavy (non-hydrogen) atoms. The van der Waals surface area contributed by atoms with Crippen LogP contribution in [0.25, 0.3) is 0 Å². The fraction of sp³-hybridized carbons (Fsp3) is 0.391. The number of rotatable bonds is 2. The maximum atomic E-state index is 11.6. The summed E-state index contributed by atoms with van der Waals surface area (Å²) in [7, 11) is 0. The highest BCUT2D eigenvalue weighted by atomic mass is 35.5. The molecule has 2 aliphatic rings. The van der Waals surface area contributed by atoms with E-state index in [4.69, 9.17) is 16.3 Å². The molecular weight excluding hydrogens is 432 g/mol. The van der Waals surface area contributed by atoms with Gasteiger partial charge in [0.2, 0.25) is 0 Å². The van der Waals surface area contributed by atoms with Gasteiger partial charge in [0, 0.05) is 64.0 Å². The van der Waals surface area contributed by atoms with Crippen molar-refractivity contribution >= 4 is 23.1 Å². The van der Waals surface area contributed by atoms with Crippen molar-refractivity contribution in [3.05, 3.63) is 60.7 Å². The second-order valence-electron chi connectivity index (χ2n) is 6.57. The summed E-state index contributed by atoms with van der Waals surface area (Å²) in [6.45, 7) is 7.66. The predicted molar refractivity (Wildman–Crippen MR) is 128 cm³/mol. The number of halogens is 1. The Morgan fingerprint density at radius 3 is 1.50 bits per heavy atom. The Morgan fingerprint density at radius 1 is 0.688 bits per heavy atom. The second kappa shape index (κ2) is 17.0. The van der Waals surface area contributed by atoms with Gasteiger partial charge in [0.05, 0.1) is 0 Å². The molecule has 0 aliphatic carbocycles. The molecule has 3 N–H and O–H groups in total. The summed E-state index contributed by atoms with van der Waals surface area (Å²) in [5.41, 5.74) is -0.814. The lowest BCUT2D eigenvalue weighted by Gasteiger charge is -2.26. The molecule has 2 aromatic carbocycles. The van der Waals surface area contributed by atoms with E-state index in [9.17, 15) is 9.59 Å². The van der Waals surface area contributed by atoms with Crippen LogP contribution in [0.15, 0.2) is 60.7 Å². The first-order valence-corrected chi connectivity index (χ1v) is 10.6. The van der Waals surface area contributed by atoms with Crippen LogP contribution in [0.4, 0.5) is 9.59 Å². The quantitative estimate of drug-likeness (QED) is 0.587. The van der Waals surface area contributed by atoms with Crippen LogP contribution in [0.5, 0.6) is 11.5 Å². The van der Waals surface area contributed by atoms with E-state index in [1.165, 1.54) is 0 Å². The van der Waals surface area contributed by atoms with Crippen molar-refractivity contribution in [1.29, 1.82) is 0 Å². The third-order valence-corrected chi connectivity index (χ3v) is 4.30. The van der Waals surface area contributed by atoms with E-state index in [2.05, 4.69) is 20.7 Å². The lowest BCUT2D eigenvalue weighted by atomic mass is 10.3. The molecule has 0 spiro atoms. The summed E-state index contributed by atoms with van der Waals surface area (Å²) in [6, 6.07) is 17.8. The lowest BCUT2D eigenvalue weighted by molar-refractivity contribution is 0.146. The number of hydrogen-bond donors (Lipinski definition) is 3. The van der Waals surface area contributed by atoms with E-state index in [0.29, 0.717) is 24.6 Å². The zero-order valence-electron chi connectivity index (χ0n) is 17.4. The van der Waals surface area contributed by atoms with Gasteiger partial charge in [0.1, 0.15) is 11.5 Å². The molecule has 0 bridgehead atoms. The number of amides is 1. The molecule has 0 saturated carbocycles. The van der Waals surface area contributed by atoms with Gasteiger partial charge in [-0.2, -0.15) is 0 Å². The third kappa shape index (κ3) is 12.3. The van der Waals surface area contributed by atoms with Crippen LogP contribution in [-0.2, 0) is 0 Å². The molecule has 2 aromatic rings. The molecule has 9 heteroatoms. The number of para-hydroxylation sites is 2. The Bertz CT molecular complexity index is 744. The van der Waals surface area contributed by atoms with Crippen LogP contribution < -0.4 is 25.4 Å². The van der Waals surface area contributed by atoms with Crippen molar-refractivity contribution in [2.75, 3.05) is 52.4 Å². The highest BCUT2D eigenvalue weighted by Gasteiger charge is 2.17. The number of carbonyl (C=O) groups excluding carboxylic acids is 2. The van der Waals surface area contributed by atoms with Crippen molar-refractivity contribution in [1.82, 2.24) is 20.9 Å². The summed E-state index contributed by atoms with van der Waals surface area (Å²) < 4.78 is 9.75. The molecule has 0 aromatic heterocycles. The summed E-state index contributed by atoms with van der Waals surface area (Å²) in [5, 5.41) is 9.63. The molecule has 0 radical (unpaired) electrons. The van der Waals surface area contributed by atoms with Crippen molar-refractivity contribution in [3.8, 4) is 11.5 Å². The first kappa shape index (κ1) is 27.4. The van der Waals surface area contributed by atoms with Gasteiger partial charge in [0.15, 0.2) is 0 Å². The minimum Gasteiger partial charge on any atom is -0.415 e. The normalized spacial score (nSPS) is 14.8. The van der Waals surface area contributed by atoms with Crippen molar-refractivity contribution < 1.29 is 19.1 Å². The van der Waals surface area contributed by atoms with Crippen LogP contribution in [0.3, 0.4) is 0 Å². The number of piperazine rings is 2. The van der Waals surface area contributed by atoms with Gasteiger partial charge in [-0.05, 0) is 24.3 Å². The van der Waals surface area contributed by atoms with Gasteiger partial charge in [-0.25, -0.2) is 9.59 Å². The van der Waals surface area contributed by atoms with E-state index >= 15 is 0 Å². The number of hydrogen-bond acceptors (Lipinski definition) is 7. The van der Waals surface area contributed by atoms with Gasteiger partial charge in [-0.3, -0.25) is 0 Å². The van der Waals surface area contributed by atoms with Crippen LogP contribution in [0, 0.1) is 0 Å². The maximum Gasteiger partial charge on any atom is 0.415 e. The average molecular weight is 465 g/mol. The molecule has 2 aliphatic heterocycles. The molecular formula is C23H33ClN4O4. The van der Waals surface area contributed by atoms with Crippen LogP contribution in [0.1, 0.15) is 7.43 Å². The molecule has 2 saturated heterocycles. The molecule has 8 nitrogen and oxygen atoms in total. The maximum absolute atomic E-state index is 11.6. The fourth-order valence-corrected chi connectivity index (χ4v) is 2.78. The second-order valence-corrected chi connectivity index (χ2v) is 6.88. The van der Waals surface area contributed by atoms with Crippen LogP contribution in [0.2, 0.25) is 0 Å². The van der Waals surface area contributed by atoms with E-state index in [1.807, 2.05) is 24.3 Å². The van der Waals surface area contributed by atoms with E-state index < -0.39 is 5.43 Å². The van der Waals surface area contributed by atoms with E-state index in [0.717, 1.165) is 39.3 Å². The van der Waals surface area contributed by atoms with Crippen molar-refractivity contribution in [2.24, 2.45) is 0 Å². The zero-order valence-corrected chi connectivity index (χ0v) is 18.1. The minimum atomic E-state index is -0.814. The fourth-order valence-electron chi connectivity index (χ4n) is 2.69.